The van der Waals surface area contributed by atoms with Crippen LogP contribution in [-0.2, 0) is 29.2 Å². The van der Waals surface area contributed by atoms with E-state index in [0.717, 1.165) is 27.8 Å². The number of nitrogens with one attached hydrogen (secondary N) is 5. The van der Waals surface area contributed by atoms with Crippen molar-refractivity contribution >= 4 is 84.3 Å². The molecule has 6 rings (SSSR count). The highest BCUT2D eigenvalue weighted by Gasteiger charge is 2.45. The zero-order chi connectivity index (χ0) is 49.5. The molecule has 4 atom stereocenters. The van der Waals surface area contributed by atoms with E-state index in [0.29, 0.717) is 17.3 Å². The van der Waals surface area contributed by atoms with Crippen LogP contribution in [0.2, 0.25) is 0 Å². The van der Waals surface area contributed by atoms with Gasteiger partial charge < -0.3 is 42.3 Å². The molecule has 366 valence electrons. The number of hydrogen-bond acceptors (Lipinski definition) is 14. The third-order valence-corrected chi connectivity index (χ3v) is 15.2. The van der Waals surface area contributed by atoms with E-state index >= 15 is 0 Å². The van der Waals surface area contributed by atoms with Crippen molar-refractivity contribution in [3.05, 3.63) is 81.3 Å². The van der Waals surface area contributed by atoms with Gasteiger partial charge in [0.2, 0.25) is 39.6 Å². The van der Waals surface area contributed by atoms with Gasteiger partial charge in [0.1, 0.15) is 23.7 Å². The predicted molar refractivity (Wildman–Crippen MR) is 259 cm³/mol. The van der Waals surface area contributed by atoms with Gasteiger partial charge in [0.15, 0.2) is 0 Å². The number of nitrogens with two attached hydrogens (primary N) is 1. The van der Waals surface area contributed by atoms with Gasteiger partial charge >= 0.3 is 0 Å². The molecule has 5 amide bonds. The van der Waals surface area contributed by atoms with Crippen LogP contribution >= 0.6 is 27.3 Å². The lowest BCUT2D eigenvalue weighted by Crippen LogP contribution is -2.57. The molecule has 23 heteroatoms. The Morgan fingerprint density at radius 3 is 2.35 bits per heavy atom. The van der Waals surface area contributed by atoms with Crippen molar-refractivity contribution in [3.8, 4) is 10.4 Å². The molecular formula is C45H57BrFN11O8S2. The molecule has 0 radical (unpaired) electrons. The van der Waals surface area contributed by atoms with E-state index in [4.69, 9.17) is 5.73 Å². The van der Waals surface area contributed by atoms with Crippen molar-refractivity contribution < 1.29 is 41.9 Å². The average Bonchev–Trinajstić information content (AvgIpc) is 3.90. The Kier molecular flexibility index (Phi) is 16.9. The minimum absolute atomic E-state index is 0.0235. The Hall–Kier alpha value is -5.62. The first-order valence-electron chi connectivity index (χ1n) is 22.1. The standard InChI is InChI=1S/C45H57BrFN11O8S2/c1-25(27-9-11-28(12-10-27)38-26(2)51-24-67-38)52-42(63)34-21-30(59)23-58(34)43(64)39(45(3,4)5)55-36(61)14-13-35(60)49-17-20-68(65,66)57-18-15-29(16-19-57)53-44-50-22-31(46)41(56-44)54-33-8-6-7-32(47)37(33)40(48)62/h6-12,22,24-25,29-30,34,39,59H,13-21,23H2,1-5H3,(H2,48,62)(H,49,60)(H,52,63)(H,55,61)(H2,50,53,54,56)/t25-,30+,34-,39+/m0/s1. The molecule has 2 aromatic carbocycles. The second kappa shape index (κ2) is 22.2. The van der Waals surface area contributed by atoms with Crippen molar-refractivity contribution in [1.29, 1.82) is 0 Å². The molecule has 0 saturated carbocycles. The van der Waals surface area contributed by atoms with Crippen molar-refractivity contribution in [3.63, 3.8) is 0 Å². The summed E-state index contributed by atoms with van der Waals surface area (Å²) in [4.78, 5) is 81.0. The van der Waals surface area contributed by atoms with Gasteiger partial charge in [-0.25, -0.2) is 27.1 Å². The van der Waals surface area contributed by atoms with Crippen LogP contribution in [0.5, 0.6) is 0 Å². The topological polar surface area (TPSA) is 271 Å². The number of carbonyl (C=O) groups is 5. The molecule has 4 aromatic rings. The average molecular weight is 1040 g/mol. The molecule has 19 nitrogen and oxygen atoms in total. The lowest BCUT2D eigenvalue weighted by molar-refractivity contribution is -0.144. The van der Waals surface area contributed by atoms with Gasteiger partial charge in [0.25, 0.3) is 5.91 Å². The fraction of sp³-hybridized carbons (Fsp3) is 0.467. The van der Waals surface area contributed by atoms with Crippen LogP contribution in [-0.4, -0.2) is 123 Å². The summed E-state index contributed by atoms with van der Waals surface area (Å²) < 4.78 is 42.5. The van der Waals surface area contributed by atoms with E-state index in [1.165, 1.54) is 27.5 Å². The molecule has 2 fully saturated rings. The first-order valence-corrected chi connectivity index (χ1v) is 25.4. The summed E-state index contributed by atoms with van der Waals surface area (Å²) in [6, 6.07) is 9.14. The number of halogens is 2. The molecule has 2 saturated heterocycles. The van der Waals surface area contributed by atoms with E-state index < -0.39 is 75.0 Å². The molecule has 0 bridgehead atoms. The van der Waals surface area contributed by atoms with Crippen LogP contribution in [0.4, 0.5) is 21.8 Å². The minimum atomic E-state index is -3.76. The first-order chi connectivity index (χ1) is 32.1. The smallest absolute Gasteiger partial charge is 0.253 e. The quantitative estimate of drug-likeness (QED) is 0.0740. The second-order valence-electron chi connectivity index (χ2n) is 17.9. The Labute approximate surface area is 406 Å². The van der Waals surface area contributed by atoms with Gasteiger partial charge in [-0.3, -0.25) is 24.0 Å². The number of sulfonamides is 1. The number of benzene rings is 2. The number of thiazole rings is 1. The summed E-state index contributed by atoms with van der Waals surface area (Å²) >= 11 is 4.89. The maximum Gasteiger partial charge on any atom is 0.253 e. The van der Waals surface area contributed by atoms with Crippen LogP contribution < -0.4 is 32.3 Å². The van der Waals surface area contributed by atoms with Crippen molar-refractivity contribution in [2.24, 2.45) is 11.1 Å². The number of aliphatic hydroxyl groups is 1. The van der Waals surface area contributed by atoms with Crippen molar-refractivity contribution in [1.82, 2.24) is 40.1 Å². The molecule has 2 aliphatic rings. The van der Waals surface area contributed by atoms with Gasteiger partial charge in [0, 0.05) is 57.7 Å². The number of nitrogens with zero attached hydrogens (tertiary/aromatic N) is 5. The Morgan fingerprint density at radius 1 is 1.01 bits per heavy atom. The lowest BCUT2D eigenvalue weighted by Gasteiger charge is -2.35. The molecular weight excluding hydrogens is 986 g/mol. The molecule has 4 heterocycles. The van der Waals surface area contributed by atoms with E-state index in [-0.39, 0.29) is 80.3 Å². The van der Waals surface area contributed by atoms with E-state index in [1.807, 2.05) is 38.1 Å². The monoisotopic (exact) mass is 1040 g/mol. The van der Waals surface area contributed by atoms with Crippen LogP contribution in [0.3, 0.4) is 0 Å². The number of aliphatic hydroxyl groups excluding tert-OH is 1. The van der Waals surface area contributed by atoms with Gasteiger partial charge in [-0.15, -0.1) is 11.3 Å². The number of aromatic nitrogens is 3. The Bertz CT molecular complexity index is 2610. The van der Waals surface area contributed by atoms with E-state index in [1.54, 1.807) is 37.6 Å². The number of carbonyl (C=O) groups excluding carboxylic acids is 5. The van der Waals surface area contributed by atoms with Crippen LogP contribution in [0.1, 0.15) is 87.5 Å². The normalized spacial score (nSPS) is 17.8. The van der Waals surface area contributed by atoms with Crippen LogP contribution in [0.25, 0.3) is 10.4 Å². The third kappa shape index (κ3) is 13.1. The summed E-state index contributed by atoms with van der Waals surface area (Å²) in [6.45, 7) is 9.16. The molecule has 8 N–H and O–H groups in total. The van der Waals surface area contributed by atoms with Crippen molar-refractivity contribution in [2.75, 3.05) is 42.6 Å². The number of primary amides is 1. The van der Waals surface area contributed by atoms with Gasteiger partial charge in [0.05, 0.1) is 49.7 Å². The van der Waals surface area contributed by atoms with Gasteiger partial charge in [-0.05, 0) is 71.3 Å². The molecule has 0 aliphatic carbocycles. The summed E-state index contributed by atoms with van der Waals surface area (Å²) in [6.07, 6.45) is 0.832. The number of β-amino-alcohol motifs (C(OH)–C–C–N with tert-alkyl or cyclic N) is 1. The fourth-order valence-corrected chi connectivity index (χ4v) is 10.5. The zero-order valence-electron chi connectivity index (χ0n) is 38.3. The Balaban J connectivity index is 0.936. The molecule has 0 spiro atoms. The Morgan fingerprint density at radius 2 is 1.71 bits per heavy atom. The first kappa shape index (κ1) is 51.8. The number of piperidine rings is 1. The predicted octanol–water partition coefficient (Wildman–Crippen LogP) is 4.13. The number of anilines is 3. The maximum atomic E-state index is 14.3. The fourth-order valence-electron chi connectivity index (χ4n) is 8.00. The lowest BCUT2D eigenvalue weighted by atomic mass is 9.85. The number of rotatable bonds is 18. The SMILES string of the molecule is Cc1ncsc1-c1ccc([C@H](C)NC(=O)[C@@H]2C[C@@H](O)CN2C(=O)[C@@H](NC(=O)CCC(=O)NCCS(=O)(=O)N2CCC(Nc3ncc(Br)c(Nc4cccc(F)c4C(N)=O)n3)CC2)C(C)(C)C)cc1. The number of hydrogen-bond donors (Lipinski definition) is 7. The van der Waals surface area contributed by atoms with Gasteiger partial charge in [-0.2, -0.15) is 4.98 Å². The maximum absolute atomic E-state index is 14.3. The van der Waals surface area contributed by atoms with E-state index in [9.17, 15) is 41.9 Å². The highest BCUT2D eigenvalue weighted by Crippen LogP contribution is 2.31. The van der Waals surface area contributed by atoms with Crippen LogP contribution in [0.15, 0.2) is 58.6 Å². The molecule has 2 aromatic heterocycles. The second-order valence-corrected chi connectivity index (χ2v) is 21.7. The summed E-state index contributed by atoms with van der Waals surface area (Å²) in [7, 11) is -3.76. The number of aryl methyl sites for hydroxylation is 1. The van der Waals surface area contributed by atoms with E-state index in [2.05, 4.69) is 57.5 Å². The zero-order valence-corrected chi connectivity index (χ0v) is 41.6. The van der Waals surface area contributed by atoms with Gasteiger partial charge in [-0.1, -0.05) is 51.1 Å². The highest BCUT2D eigenvalue weighted by atomic mass is 79.9. The van der Waals surface area contributed by atoms with Crippen LogP contribution in [0, 0.1) is 18.2 Å². The number of likely N-dealkylation sites (tertiary alicyclic amines) is 1. The molecule has 68 heavy (non-hydrogen) atoms. The molecule has 2 aliphatic heterocycles. The largest absolute Gasteiger partial charge is 0.391 e. The summed E-state index contributed by atoms with van der Waals surface area (Å²) in [5.74, 6) is -3.76. The minimum Gasteiger partial charge on any atom is -0.391 e. The number of amides is 5. The summed E-state index contributed by atoms with van der Waals surface area (Å²) in [5, 5.41) is 25.0. The third-order valence-electron chi connectivity index (χ3n) is 11.8. The summed E-state index contributed by atoms with van der Waals surface area (Å²) in [5.41, 5.74) is 8.94. The molecule has 0 unspecified atom stereocenters. The van der Waals surface area contributed by atoms with Crippen molar-refractivity contribution in [2.45, 2.75) is 97.0 Å². The highest BCUT2D eigenvalue weighted by molar-refractivity contribution is 9.10.